The number of benzene rings is 1. The number of anilines is 1. The van der Waals surface area contributed by atoms with Crippen LogP contribution >= 0.6 is 11.3 Å². The number of hydrogen-bond acceptors (Lipinski definition) is 4. The molecule has 5 nitrogen and oxygen atoms in total. The van der Waals surface area contributed by atoms with Crippen molar-refractivity contribution in [3.63, 3.8) is 0 Å². The third-order valence-corrected chi connectivity index (χ3v) is 6.39. The highest BCUT2D eigenvalue weighted by Gasteiger charge is 2.32. The van der Waals surface area contributed by atoms with Gasteiger partial charge in [0.1, 0.15) is 11.5 Å². The third-order valence-electron chi connectivity index (χ3n) is 5.25. The molecule has 27 heavy (non-hydrogen) atoms. The normalized spacial score (nSPS) is 16.1. The van der Waals surface area contributed by atoms with Gasteiger partial charge in [-0.3, -0.25) is 4.79 Å². The number of nitrogens with one attached hydrogen (secondary N) is 2. The van der Waals surface area contributed by atoms with Gasteiger partial charge >= 0.3 is 5.97 Å². The summed E-state index contributed by atoms with van der Waals surface area (Å²) in [4.78, 5) is 28.0. The first-order valence-corrected chi connectivity index (χ1v) is 10.1. The maximum Gasteiger partial charge on any atom is 0.341 e. The molecule has 2 heterocycles. The van der Waals surface area contributed by atoms with E-state index in [2.05, 4.69) is 19.2 Å². The Labute approximate surface area is 164 Å². The molecule has 0 radical (unpaired) electrons. The molecule has 0 fully saturated rings. The molecule has 1 amide bonds. The van der Waals surface area contributed by atoms with Gasteiger partial charge in [-0.25, -0.2) is 4.79 Å². The van der Waals surface area contributed by atoms with E-state index >= 15 is 0 Å². The average molecular weight is 388 g/mol. The summed E-state index contributed by atoms with van der Waals surface area (Å²) in [6, 6.07) is 6.32. The smallest absolute Gasteiger partial charge is 0.341 e. The number of hydrogen-bond donors (Lipinski definition) is 2. The van der Waals surface area contributed by atoms with Gasteiger partial charge in [0.05, 0.1) is 30.1 Å². The molecule has 1 unspecified atom stereocenters. The van der Waals surface area contributed by atoms with E-state index in [-0.39, 0.29) is 11.9 Å². The van der Waals surface area contributed by atoms with E-state index in [1.165, 1.54) is 28.2 Å². The zero-order chi connectivity index (χ0) is 19.7. The second kappa shape index (κ2) is 7.82. The minimum atomic E-state index is -0.378. The molecule has 2 N–H and O–H groups in total. The van der Waals surface area contributed by atoms with Gasteiger partial charge < -0.3 is 15.0 Å². The van der Waals surface area contributed by atoms with Crippen LogP contribution in [0.15, 0.2) is 18.2 Å². The number of carbonyl (C=O) groups excluding carboxylic acids is 2. The molecule has 1 aromatic heterocycles. The van der Waals surface area contributed by atoms with Gasteiger partial charge in [0.2, 0.25) is 0 Å². The van der Waals surface area contributed by atoms with E-state index < -0.39 is 0 Å². The van der Waals surface area contributed by atoms with E-state index in [0.29, 0.717) is 22.2 Å². The molecule has 0 spiro atoms. The van der Waals surface area contributed by atoms with Gasteiger partial charge in [0.25, 0.3) is 5.91 Å². The van der Waals surface area contributed by atoms with Crippen LogP contribution in [0.5, 0.6) is 0 Å². The minimum absolute atomic E-state index is 0.187. The van der Waals surface area contributed by atoms with E-state index in [1.54, 1.807) is 0 Å². The molecule has 0 bridgehead atoms. The van der Waals surface area contributed by atoms with Crippen molar-refractivity contribution >= 4 is 28.2 Å². The Morgan fingerprint density at radius 1 is 1.26 bits per heavy atom. The second-order valence-corrected chi connectivity index (χ2v) is 8.57. The SMILES string of the molecule is COC(=O)c1c(NC(=O)c2cc(C)ccc2C)sc2c1CC[NH+](C(C)C)C2. The molecule has 2 aromatic rings. The maximum atomic E-state index is 12.9. The largest absolute Gasteiger partial charge is 0.465 e. The molecule has 6 heteroatoms. The van der Waals surface area contributed by atoms with Crippen LogP contribution < -0.4 is 10.2 Å². The number of rotatable bonds is 4. The van der Waals surface area contributed by atoms with Crippen LogP contribution in [0, 0.1) is 13.8 Å². The van der Waals surface area contributed by atoms with Crippen molar-refractivity contribution in [3.8, 4) is 0 Å². The fourth-order valence-corrected chi connectivity index (χ4v) is 4.83. The first kappa shape index (κ1) is 19.6. The zero-order valence-corrected chi connectivity index (χ0v) is 17.4. The quantitative estimate of drug-likeness (QED) is 0.793. The van der Waals surface area contributed by atoms with Gasteiger partial charge in [-0.15, -0.1) is 11.3 Å². The number of carbonyl (C=O) groups is 2. The number of ether oxygens (including phenoxy) is 1. The number of quaternary nitrogens is 1. The summed E-state index contributed by atoms with van der Waals surface area (Å²) >= 11 is 1.51. The van der Waals surface area contributed by atoms with Crippen LogP contribution in [0.4, 0.5) is 5.00 Å². The highest BCUT2D eigenvalue weighted by molar-refractivity contribution is 7.17. The van der Waals surface area contributed by atoms with E-state index in [0.717, 1.165) is 36.2 Å². The van der Waals surface area contributed by atoms with Crippen molar-refractivity contribution in [2.45, 2.75) is 46.7 Å². The standard InChI is InChI=1S/C21H26N2O3S/c1-12(2)23-9-8-15-17(11-23)27-20(18(15)21(25)26-5)22-19(24)16-10-13(3)6-7-14(16)4/h6-7,10,12H,8-9,11H2,1-5H3,(H,22,24)/p+1. The number of amides is 1. The molecule has 1 aliphatic heterocycles. The zero-order valence-electron chi connectivity index (χ0n) is 16.6. The lowest BCUT2D eigenvalue weighted by Crippen LogP contribution is -3.14. The van der Waals surface area contributed by atoms with Gasteiger partial charge in [0, 0.05) is 12.0 Å². The number of fused-ring (bicyclic) bond motifs is 1. The van der Waals surface area contributed by atoms with Crippen LogP contribution in [-0.4, -0.2) is 31.6 Å². The van der Waals surface area contributed by atoms with Crippen LogP contribution in [-0.2, 0) is 17.7 Å². The Hall–Kier alpha value is -2.18. The Balaban J connectivity index is 1.96. The van der Waals surface area contributed by atoms with Gasteiger partial charge in [0.15, 0.2) is 0 Å². The lowest BCUT2D eigenvalue weighted by molar-refractivity contribution is -0.936. The van der Waals surface area contributed by atoms with Crippen molar-refractivity contribution in [2.75, 3.05) is 19.0 Å². The van der Waals surface area contributed by atoms with Gasteiger partial charge in [-0.1, -0.05) is 17.7 Å². The molecule has 1 aliphatic rings. The van der Waals surface area contributed by atoms with Crippen molar-refractivity contribution < 1.29 is 19.2 Å². The Kier molecular flexibility index (Phi) is 5.67. The van der Waals surface area contributed by atoms with Crippen molar-refractivity contribution in [1.82, 2.24) is 0 Å². The molecule has 0 saturated heterocycles. The summed E-state index contributed by atoms with van der Waals surface area (Å²) in [5.41, 5.74) is 4.13. The molecule has 0 aliphatic carbocycles. The van der Waals surface area contributed by atoms with Gasteiger partial charge in [-0.05, 0) is 44.9 Å². The predicted octanol–water partition coefficient (Wildman–Crippen LogP) is 2.75. The Morgan fingerprint density at radius 3 is 2.67 bits per heavy atom. The molecule has 1 atom stereocenters. The van der Waals surface area contributed by atoms with Gasteiger partial charge in [-0.2, -0.15) is 0 Å². The molecular weight excluding hydrogens is 360 g/mol. The van der Waals surface area contributed by atoms with Crippen LogP contribution in [0.25, 0.3) is 0 Å². The minimum Gasteiger partial charge on any atom is -0.465 e. The number of methoxy groups -OCH3 is 1. The molecule has 144 valence electrons. The van der Waals surface area contributed by atoms with Crippen molar-refractivity contribution in [2.24, 2.45) is 0 Å². The first-order chi connectivity index (χ1) is 12.8. The molecule has 3 rings (SSSR count). The van der Waals surface area contributed by atoms with E-state index in [1.807, 2.05) is 32.0 Å². The lowest BCUT2D eigenvalue weighted by atomic mass is 10.0. The van der Waals surface area contributed by atoms with E-state index in [4.69, 9.17) is 4.74 Å². The highest BCUT2D eigenvalue weighted by atomic mass is 32.1. The maximum absolute atomic E-state index is 12.9. The van der Waals surface area contributed by atoms with Crippen LogP contribution in [0.1, 0.15) is 56.1 Å². The Morgan fingerprint density at radius 2 is 2.00 bits per heavy atom. The third kappa shape index (κ3) is 3.92. The summed E-state index contributed by atoms with van der Waals surface area (Å²) < 4.78 is 5.02. The number of thiophene rings is 1. The summed E-state index contributed by atoms with van der Waals surface area (Å²) in [5.74, 6) is -0.565. The Bertz CT molecular complexity index is 886. The summed E-state index contributed by atoms with van der Waals surface area (Å²) in [6.45, 7) is 10.1. The fraction of sp³-hybridized carbons (Fsp3) is 0.429. The summed E-state index contributed by atoms with van der Waals surface area (Å²) in [7, 11) is 1.39. The number of aryl methyl sites for hydroxylation is 2. The summed E-state index contributed by atoms with van der Waals surface area (Å²) in [6.07, 6.45) is 0.823. The van der Waals surface area contributed by atoms with Crippen molar-refractivity contribution in [1.29, 1.82) is 0 Å². The average Bonchev–Trinajstić information content (AvgIpc) is 2.99. The summed E-state index contributed by atoms with van der Waals surface area (Å²) in [5, 5.41) is 3.58. The molecule has 0 saturated carbocycles. The van der Waals surface area contributed by atoms with Crippen LogP contribution in [0.2, 0.25) is 0 Å². The number of esters is 1. The fourth-order valence-electron chi connectivity index (χ4n) is 3.55. The highest BCUT2D eigenvalue weighted by Crippen LogP contribution is 2.35. The first-order valence-electron chi connectivity index (χ1n) is 9.27. The lowest BCUT2D eigenvalue weighted by Gasteiger charge is -2.27. The topological polar surface area (TPSA) is 59.8 Å². The molecular formula is C21H27N2O3S+. The van der Waals surface area contributed by atoms with Crippen molar-refractivity contribution in [3.05, 3.63) is 50.9 Å². The van der Waals surface area contributed by atoms with E-state index in [9.17, 15) is 9.59 Å². The predicted molar refractivity (Wildman–Crippen MR) is 108 cm³/mol. The molecule has 1 aromatic carbocycles. The second-order valence-electron chi connectivity index (χ2n) is 7.46. The monoisotopic (exact) mass is 387 g/mol. The van der Waals surface area contributed by atoms with Crippen LogP contribution in [0.3, 0.4) is 0 Å².